The number of hydrogen-bond donors (Lipinski definition) is 3. The molecule has 1 aliphatic rings. The number of anilines is 1. The van der Waals surface area contributed by atoms with Crippen LogP contribution in [0.15, 0.2) is 61.6 Å². The van der Waals surface area contributed by atoms with E-state index >= 15 is 0 Å². The highest BCUT2D eigenvalue weighted by Gasteiger charge is 2.22. The molecule has 184 valence electrons. The maximum Gasteiger partial charge on any atom is 0.161 e. The standard InChI is InChI=1S/C28H32N8/c1-5-10-24(36-13-8-7-9-14-36)25-19(4)31-28(33-25)27-26-23(34-35-27)12-11-22(32-26)20-15-21(17-29-16-20)30-18(3)6-2/h5,10-12,15-17,30H,1,3,6-9,13-14H2,2,4H3,(H,31,33)(H,34,35)/b24-10+. The third kappa shape index (κ3) is 4.66. The lowest BCUT2D eigenvalue weighted by Crippen LogP contribution is -2.28. The third-order valence-corrected chi connectivity index (χ3v) is 6.51. The van der Waals surface area contributed by atoms with Gasteiger partial charge in [0, 0.05) is 36.2 Å². The average molecular weight is 481 g/mol. The van der Waals surface area contributed by atoms with Crippen LogP contribution in [-0.4, -0.2) is 48.1 Å². The maximum atomic E-state index is 4.99. The van der Waals surface area contributed by atoms with Gasteiger partial charge in [-0.15, -0.1) is 0 Å². The van der Waals surface area contributed by atoms with Crippen LogP contribution in [0.1, 0.15) is 44.0 Å². The van der Waals surface area contributed by atoms with Crippen molar-refractivity contribution in [3.63, 3.8) is 0 Å². The first-order valence-corrected chi connectivity index (χ1v) is 12.5. The lowest BCUT2D eigenvalue weighted by atomic mass is 10.1. The number of aryl methyl sites for hydroxylation is 1. The van der Waals surface area contributed by atoms with Crippen LogP contribution in [0.25, 0.3) is 39.5 Å². The van der Waals surface area contributed by atoms with Crippen molar-refractivity contribution in [1.82, 2.24) is 35.0 Å². The van der Waals surface area contributed by atoms with E-state index in [0.717, 1.165) is 70.3 Å². The van der Waals surface area contributed by atoms with Gasteiger partial charge in [-0.1, -0.05) is 26.2 Å². The number of H-pyrrole nitrogens is 2. The second-order valence-electron chi connectivity index (χ2n) is 9.10. The number of aromatic nitrogens is 6. The molecule has 5 rings (SSSR count). The molecule has 0 atom stereocenters. The van der Waals surface area contributed by atoms with E-state index in [1.54, 1.807) is 6.20 Å². The molecule has 0 unspecified atom stereocenters. The summed E-state index contributed by atoms with van der Waals surface area (Å²) >= 11 is 0. The van der Waals surface area contributed by atoms with Crippen molar-refractivity contribution in [2.75, 3.05) is 18.4 Å². The second-order valence-corrected chi connectivity index (χ2v) is 9.10. The molecule has 0 spiro atoms. The van der Waals surface area contributed by atoms with Crippen LogP contribution < -0.4 is 5.32 Å². The fourth-order valence-corrected chi connectivity index (χ4v) is 4.57. The molecule has 0 aliphatic carbocycles. The topological polar surface area (TPSA) is 98.4 Å². The number of likely N-dealkylation sites (tertiary alicyclic amines) is 1. The van der Waals surface area contributed by atoms with E-state index in [9.17, 15) is 0 Å². The first-order chi connectivity index (χ1) is 17.6. The number of aromatic amines is 2. The normalized spacial score (nSPS) is 14.3. The Labute approximate surface area is 211 Å². The van der Waals surface area contributed by atoms with Crippen LogP contribution in [0, 0.1) is 6.92 Å². The van der Waals surface area contributed by atoms with Gasteiger partial charge in [-0.25, -0.2) is 9.97 Å². The number of rotatable bonds is 8. The number of pyridine rings is 2. The molecular weight excluding hydrogens is 448 g/mol. The average Bonchev–Trinajstić information content (AvgIpc) is 3.50. The molecule has 3 N–H and O–H groups in total. The van der Waals surface area contributed by atoms with Gasteiger partial charge in [-0.3, -0.25) is 10.1 Å². The number of nitrogens with zero attached hydrogens (tertiary/aromatic N) is 5. The number of hydrogen-bond acceptors (Lipinski definition) is 6. The molecule has 0 radical (unpaired) electrons. The van der Waals surface area contributed by atoms with Crippen LogP contribution in [0.2, 0.25) is 0 Å². The monoisotopic (exact) mass is 480 g/mol. The van der Waals surface area contributed by atoms with Gasteiger partial charge in [0.25, 0.3) is 0 Å². The summed E-state index contributed by atoms with van der Waals surface area (Å²) in [5.74, 6) is 0.693. The van der Waals surface area contributed by atoms with Gasteiger partial charge < -0.3 is 15.2 Å². The Balaban J connectivity index is 1.51. The highest BCUT2D eigenvalue weighted by Crippen LogP contribution is 2.31. The largest absolute Gasteiger partial charge is 0.370 e. The van der Waals surface area contributed by atoms with Crippen LogP contribution in [0.4, 0.5) is 5.69 Å². The number of allylic oxidation sites excluding steroid dienone is 3. The van der Waals surface area contributed by atoms with Crippen molar-refractivity contribution in [3.05, 3.63) is 73.0 Å². The molecule has 1 aliphatic heterocycles. The fraction of sp³-hybridized carbons (Fsp3) is 0.286. The fourth-order valence-electron chi connectivity index (χ4n) is 4.57. The highest BCUT2D eigenvalue weighted by molar-refractivity contribution is 5.89. The molecule has 1 fully saturated rings. The minimum atomic E-state index is 0.693. The summed E-state index contributed by atoms with van der Waals surface area (Å²) in [6.45, 7) is 14.1. The van der Waals surface area contributed by atoms with E-state index in [-0.39, 0.29) is 0 Å². The van der Waals surface area contributed by atoms with Crippen LogP contribution in [-0.2, 0) is 0 Å². The van der Waals surface area contributed by atoms with Gasteiger partial charge in [0.2, 0.25) is 0 Å². The SMILES string of the molecule is C=C/C=C(\c1nc(-c2n[nH]c3ccc(-c4cncc(NC(=C)CC)c4)nc23)[nH]c1C)N1CCCCC1. The zero-order chi connectivity index (χ0) is 25.1. The molecular formula is C28H32N8. The van der Waals surface area contributed by atoms with E-state index in [1.165, 1.54) is 19.3 Å². The Kier molecular flexibility index (Phi) is 6.66. The molecule has 36 heavy (non-hydrogen) atoms. The second kappa shape index (κ2) is 10.2. The molecule has 4 aromatic heterocycles. The third-order valence-electron chi connectivity index (χ3n) is 6.51. The zero-order valence-corrected chi connectivity index (χ0v) is 20.9. The highest BCUT2D eigenvalue weighted by atomic mass is 15.2. The Hall–Kier alpha value is -4.20. The summed E-state index contributed by atoms with van der Waals surface area (Å²) in [6.07, 6.45) is 12.0. The van der Waals surface area contributed by atoms with Gasteiger partial charge in [0.05, 0.1) is 28.8 Å². The van der Waals surface area contributed by atoms with Crippen molar-refractivity contribution >= 4 is 22.4 Å². The molecule has 4 aromatic rings. The van der Waals surface area contributed by atoms with Gasteiger partial charge in [0.1, 0.15) is 11.2 Å². The molecule has 5 heterocycles. The van der Waals surface area contributed by atoms with Gasteiger partial charge in [0.15, 0.2) is 11.5 Å². The molecule has 0 amide bonds. The van der Waals surface area contributed by atoms with Crippen LogP contribution >= 0.6 is 0 Å². The van der Waals surface area contributed by atoms with Gasteiger partial charge in [-0.05, 0) is 56.9 Å². The molecule has 0 aromatic carbocycles. The summed E-state index contributed by atoms with van der Waals surface area (Å²) < 4.78 is 0. The molecule has 8 heteroatoms. The lowest BCUT2D eigenvalue weighted by molar-refractivity contribution is 0.325. The van der Waals surface area contributed by atoms with E-state index in [2.05, 4.69) is 63.5 Å². The van der Waals surface area contributed by atoms with Crippen molar-refractivity contribution < 1.29 is 0 Å². The summed E-state index contributed by atoms with van der Waals surface area (Å²) in [4.78, 5) is 20.2. The number of fused-ring (bicyclic) bond motifs is 1. The van der Waals surface area contributed by atoms with Gasteiger partial charge in [-0.2, -0.15) is 5.10 Å². The smallest absolute Gasteiger partial charge is 0.161 e. The minimum Gasteiger partial charge on any atom is -0.370 e. The predicted molar refractivity (Wildman–Crippen MR) is 146 cm³/mol. The Morgan fingerprint density at radius 3 is 2.78 bits per heavy atom. The number of piperidine rings is 1. The molecule has 1 saturated heterocycles. The van der Waals surface area contributed by atoms with E-state index in [1.807, 2.05) is 30.5 Å². The van der Waals surface area contributed by atoms with E-state index < -0.39 is 0 Å². The summed E-state index contributed by atoms with van der Waals surface area (Å²) in [5.41, 5.74) is 8.88. The Morgan fingerprint density at radius 1 is 1.17 bits per heavy atom. The first kappa shape index (κ1) is 23.5. The number of nitrogens with one attached hydrogen (secondary N) is 3. The van der Waals surface area contributed by atoms with Crippen LogP contribution in [0.3, 0.4) is 0 Å². The van der Waals surface area contributed by atoms with Crippen LogP contribution in [0.5, 0.6) is 0 Å². The quantitative estimate of drug-likeness (QED) is 0.265. The Bertz CT molecular complexity index is 1440. The molecule has 0 bridgehead atoms. The van der Waals surface area contributed by atoms with Crippen molar-refractivity contribution in [2.45, 2.75) is 39.5 Å². The predicted octanol–water partition coefficient (Wildman–Crippen LogP) is 6.07. The Morgan fingerprint density at radius 2 is 2.00 bits per heavy atom. The van der Waals surface area contributed by atoms with Crippen molar-refractivity contribution in [1.29, 1.82) is 0 Å². The van der Waals surface area contributed by atoms with E-state index in [0.29, 0.717) is 11.5 Å². The minimum absolute atomic E-state index is 0.693. The lowest BCUT2D eigenvalue weighted by Gasteiger charge is -2.30. The summed E-state index contributed by atoms with van der Waals surface area (Å²) in [6, 6.07) is 5.99. The zero-order valence-electron chi connectivity index (χ0n) is 20.9. The molecule has 0 saturated carbocycles. The molecule has 8 nitrogen and oxygen atoms in total. The van der Waals surface area contributed by atoms with Gasteiger partial charge >= 0.3 is 0 Å². The first-order valence-electron chi connectivity index (χ1n) is 12.5. The number of imidazole rings is 1. The maximum absolute atomic E-state index is 4.99. The summed E-state index contributed by atoms with van der Waals surface area (Å²) in [7, 11) is 0. The van der Waals surface area contributed by atoms with Crippen molar-refractivity contribution in [3.8, 4) is 22.8 Å². The van der Waals surface area contributed by atoms with E-state index in [4.69, 9.17) is 9.97 Å². The van der Waals surface area contributed by atoms with Crippen molar-refractivity contribution in [2.24, 2.45) is 0 Å². The summed E-state index contributed by atoms with van der Waals surface area (Å²) in [5, 5.41) is 11.0.